The van der Waals surface area contributed by atoms with Gasteiger partial charge in [-0.15, -0.1) is 0 Å². The van der Waals surface area contributed by atoms with Crippen molar-refractivity contribution in [2.45, 2.75) is 40.5 Å². The molecule has 4 aromatic rings. The maximum absolute atomic E-state index is 12.6. The molecule has 6 nitrogen and oxygen atoms in total. The zero-order chi connectivity index (χ0) is 33.3. The van der Waals surface area contributed by atoms with Gasteiger partial charge in [-0.25, -0.2) is 9.59 Å². The Balaban J connectivity index is 1.40. The third-order valence-corrected chi connectivity index (χ3v) is 8.74. The summed E-state index contributed by atoms with van der Waals surface area (Å²) in [6, 6.07) is 15.3. The van der Waals surface area contributed by atoms with Gasteiger partial charge in [0.25, 0.3) is 0 Å². The highest BCUT2D eigenvalue weighted by molar-refractivity contribution is 6.38. The maximum Gasteiger partial charge on any atom is 0.338 e. The molecule has 2 N–H and O–H groups in total. The number of halogens is 5. The summed E-state index contributed by atoms with van der Waals surface area (Å²) in [6.07, 6.45) is 1.17. The average molecular weight is 713 g/mol. The second-order valence-corrected chi connectivity index (χ2v) is 14.5. The summed E-state index contributed by atoms with van der Waals surface area (Å²) in [4.78, 5) is 25.2. The smallest absolute Gasteiger partial charge is 0.338 e. The molecule has 0 atom stereocenters. The molecule has 0 aliphatic heterocycles. The number of aromatic hydroxyl groups is 2. The summed E-state index contributed by atoms with van der Waals surface area (Å²) in [5.41, 5.74) is 1.42. The van der Waals surface area contributed by atoms with E-state index in [-0.39, 0.29) is 55.9 Å². The van der Waals surface area contributed by atoms with Crippen molar-refractivity contribution in [2.24, 2.45) is 10.8 Å². The second kappa shape index (κ2) is 13.9. The molecule has 4 rings (SSSR count). The van der Waals surface area contributed by atoms with E-state index in [9.17, 15) is 19.8 Å². The molecule has 0 fully saturated rings. The van der Waals surface area contributed by atoms with Gasteiger partial charge < -0.3 is 19.7 Å². The lowest BCUT2D eigenvalue weighted by molar-refractivity contribution is 0.0335. The first-order chi connectivity index (χ1) is 21.0. The first-order valence-corrected chi connectivity index (χ1v) is 15.8. The third-order valence-electron chi connectivity index (χ3n) is 7.14. The van der Waals surface area contributed by atoms with Crippen LogP contribution in [0.25, 0.3) is 10.8 Å². The van der Waals surface area contributed by atoms with Crippen molar-refractivity contribution in [2.75, 3.05) is 13.2 Å². The summed E-state index contributed by atoms with van der Waals surface area (Å²) >= 11 is 30.6. The van der Waals surface area contributed by atoms with Gasteiger partial charge in [0.05, 0.1) is 49.5 Å². The average Bonchev–Trinajstić information content (AvgIpc) is 2.97. The Morgan fingerprint density at radius 1 is 0.644 bits per heavy atom. The topological polar surface area (TPSA) is 93.1 Å². The number of esters is 2. The Hall–Kier alpha value is -2.87. The van der Waals surface area contributed by atoms with Crippen molar-refractivity contribution in [3.05, 3.63) is 102 Å². The minimum absolute atomic E-state index is 0.0270. The number of hydrogen-bond acceptors (Lipinski definition) is 6. The van der Waals surface area contributed by atoms with E-state index in [0.717, 1.165) is 21.9 Å². The standard InChI is InChI=1S/C34H31Cl5O6/c1-33(2,16-44-31(42)21-10-24(35)29(40)25(36)11-21)14-18-5-8-23-19(9-18)6-7-20(28(23)39)15-34(3,4)17-45-32(43)22-12-26(37)30(41)27(38)13-22/h5-13,40-41H,14-17H2,1-4H3. The van der Waals surface area contributed by atoms with Gasteiger partial charge in [-0.1, -0.05) is 116 Å². The number of rotatable bonds is 10. The SMILES string of the molecule is CC(C)(COC(=O)c1cc(Cl)c(O)c(Cl)c1)Cc1ccc2c(Cl)c(CC(C)(C)COC(=O)c3cc(Cl)c(O)c(Cl)c3)ccc2c1. The van der Waals surface area contributed by atoms with Crippen LogP contribution in [0.5, 0.6) is 11.5 Å². The number of ether oxygens (including phenoxy) is 2. The van der Waals surface area contributed by atoms with Gasteiger partial charge in [0.2, 0.25) is 0 Å². The molecule has 0 heterocycles. The number of carbonyl (C=O) groups is 2. The fraction of sp³-hybridized carbons (Fsp3) is 0.294. The molecule has 0 aliphatic rings. The summed E-state index contributed by atoms with van der Waals surface area (Å²) in [5, 5.41) is 21.8. The molecule has 11 heteroatoms. The zero-order valence-electron chi connectivity index (χ0n) is 24.9. The largest absolute Gasteiger partial charge is 0.505 e. The van der Waals surface area contributed by atoms with Crippen molar-refractivity contribution in [1.29, 1.82) is 0 Å². The predicted octanol–water partition coefficient (Wildman–Crippen LogP) is 10.4. The van der Waals surface area contributed by atoms with Crippen LogP contribution in [-0.2, 0) is 22.3 Å². The van der Waals surface area contributed by atoms with Gasteiger partial charge in [0.15, 0.2) is 11.5 Å². The fourth-order valence-corrected chi connectivity index (χ4v) is 6.13. The van der Waals surface area contributed by atoms with Gasteiger partial charge in [-0.05, 0) is 53.6 Å². The fourth-order valence-electron chi connectivity index (χ4n) is 4.86. The normalized spacial score (nSPS) is 11.9. The van der Waals surface area contributed by atoms with Crippen molar-refractivity contribution in [1.82, 2.24) is 0 Å². The van der Waals surface area contributed by atoms with Crippen LogP contribution in [0.3, 0.4) is 0 Å². The highest BCUT2D eigenvalue weighted by atomic mass is 35.5. The summed E-state index contributed by atoms with van der Waals surface area (Å²) in [5.74, 6) is -1.76. The van der Waals surface area contributed by atoms with Crippen molar-refractivity contribution >= 4 is 80.7 Å². The summed E-state index contributed by atoms with van der Waals surface area (Å²) in [6.45, 7) is 8.20. The Labute approximate surface area is 286 Å². The number of phenolic OH excluding ortho intramolecular Hbond substituents is 2. The van der Waals surface area contributed by atoms with Gasteiger partial charge in [-0.3, -0.25) is 0 Å². The molecule has 0 unspecified atom stereocenters. The van der Waals surface area contributed by atoms with Crippen LogP contribution in [0.4, 0.5) is 0 Å². The summed E-state index contributed by atoms with van der Waals surface area (Å²) < 4.78 is 11.1. The maximum atomic E-state index is 12.6. The quantitative estimate of drug-likeness (QED) is 0.159. The third kappa shape index (κ3) is 8.69. The first-order valence-electron chi connectivity index (χ1n) is 13.9. The van der Waals surface area contributed by atoms with Gasteiger partial charge in [0.1, 0.15) is 0 Å². The molecule has 0 saturated heterocycles. The molecular weight excluding hydrogens is 682 g/mol. The van der Waals surface area contributed by atoms with Crippen LogP contribution >= 0.6 is 58.0 Å². The Bertz CT molecular complexity index is 1740. The molecule has 45 heavy (non-hydrogen) atoms. The van der Waals surface area contributed by atoms with Crippen molar-refractivity contribution < 1.29 is 29.3 Å². The van der Waals surface area contributed by atoms with Crippen LogP contribution in [0, 0.1) is 10.8 Å². The van der Waals surface area contributed by atoms with E-state index >= 15 is 0 Å². The lowest BCUT2D eigenvalue weighted by atomic mass is 9.84. The van der Waals surface area contributed by atoms with Crippen LogP contribution in [0.15, 0.2) is 54.6 Å². The molecule has 0 saturated carbocycles. The number of fused-ring (bicyclic) bond motifs is 1. The number of hydrogen-bond donors (Lipinski definition) is 2. The zero-order valence-corrected chi connectivity index (χ0v) is 28.7. The first kappa shape index (κ1) is 35.0. The highest BCUT2D eigenvalue weighted by Gasteiger charge is 2.25. The molecule has 0 bridgehead atoms. The molecule has 0 radical (unpaired) electrons. The van der Waals surface area contributed by atoms with Gasteiger partial charge in [0, 0.05) is 16.2 Å². The highest BCUT2D eigenvalue weighted by Crippen LogP contribution is 2.36. The molecule has 4 aromatic carbocycles. The van der Waals surface area contributed by atoms with E-state index in [1.165, 1.54) is 24.3 Å². The van der Waals surface area contributed by atoms with E-state index in [4.69, 9.17) is 67.5 Å². The van der Waals surface area contributed by atoms with Gasteiger partial charge >= 0.3 is 11.9 Å². The van der Waals surface area contributed by atoms with Crippen LogP contribution in [-0.4, -0.2) is 35.4 Å². The Morgan fingerprint density at radius 2 is 1.09 bits per heavy atom. The van der Waals surface area contributed by atoms with Crippen LogP contribution in [0.1, 0.15) is 59.5 Å². The lowest BCUT2D eigenvalue weighted by Gasteiger charge is -2.26. The molecule has 0 aromatic heterocycles. The van der Waals surface area contributed by atoms with Gasteiger partial charge in [-0.2, -0.15) is 0 Å². The molecule has 0 aliphatic carbocycles. The van der Waals surface area contributed by atoms with E-state index in [1.54, 1.807) is 0 Å². The molecule has 0 amide bonds. The van der Waals surface area contributed by atoms with E-state index in [0.29, 0.717) is 17.9 Å². The number of phenols is 2. The lowest BCUT2D eigenvalue weighted by Crippen LogP contribution is -2.25. The molecular formula is C34H31Cl5O6. The van der Waals surface area contributed by atoms with Crippen molar-refractivity contribution in [3.63, 3.8) is 0 Å². The Morgan fingerprint density at radius 3 is 1.56 bits per heavy atom. The molecule has 0 spiro atoms. The minimum Gasteiger partial charge on any atom is -0.505 e. The molecule has 238 valence electrons. The van der Waals surface area contributed by atoms with Crippen molar-refractivity contribution in [3.8, 4) is 11.5 Å². The van der Waals surface area contributed by atoms with E-state index in [1.807, 2.05) is 52.0 Å². The monoisotopic (exact) mass is 710 g/mol. The second-order valence-electron chi connectivity index (χ2n) is 12.5. The van der Waals surface area contributed by atoms with Crippen LogP contribution in [0.2, 0.25) is 25.1 Å². The van der Waals surface area contributed by atoms with E-state index in [2.05, 4.69) is 6.07 Å². The number of benzene rings is 4. The predicted molar refractivity (Wildman–Crippen MR) is 181 cm³/mol. The van der Waals surface area contributed by atoms with E-state index < -0.39 is 22.8 Å². The minimum atomic E-state index is -0.601. The number of carbonyl (C=O) groups excluding carboxylic acids is 2. The van der Waals surface area contributed by atoms with Crippen LogP contribution < -0.4 is 0 Å². The summed E-state index contributed by atoms with van der Waals surface area (Å²) in [7, 11) is 0. The Kier molecular flexibility index (Phi) is 10.8.